The maximum Gasteiger partial charge on any atom is 0.333 e. The number of rotatable bonds is 7. The number of phenolic OH excluding ortho intramolecular Hbond substituents is 1. The molecule has 3 aromatic carbocycles. The zero-order chi connectivity index (χ0) is 29.2. The van der Waals surface area contributed by atoms with Crippen LogP contribution in [-0.2, 0) is 35.4 Å². The SMILES string of the molecule is CN1CC(=O)N2C(CN(Cc3cccc4c3NCC4)C(=O)[C@@H]2Cc2ccc(O)cc2)N1C(=O)NCCc1ccccc1. The molecule has 4 amide bonds. The summed E-state index contributed by atoms with van der Waals surface area (Å²) in [5.41, 5.74) is 5.25. The molecule has 0 radical (unpaired) electrons. The van der Waals surface area contributed by atoms with Crippen molar-refractivity contribution in [3.05, 3.63) is 95.1 Å². The summed E-state index contributed by atoms with van der Waals surface area (Å²) in [5, 5.41) is 19.5. The molecule has 218 valence electrons. The first-order valence-electron chi connectivity index (χ1n) is 14.4. The topological polar surface area (TPSA) is 108 Å². The highest BCUT2D eigenvalue weighted by atomic mass is 16.3. The summed E-state index contributed by atoms with van der Waals surface area (Å²) >= 11 is 0. The maximum absolute atomic E-state index is 14.1. The Hall–Kier alpha value is -4.57. The Labute approximate surface area is 245 Å². The van der Waals surface area contributed by atoms with Crippen molar-refractivity contribution in [1.29, 1.82) is 0 Å². The lowest BCUT2D eigenvalue weighted by Gasteiger charge is -2.54. The molecular formula is C32H36N6O4. The molecule has 0 aromatic heterocycles. The number of amides is 4. The van der Waals surface area contributed by atoms with Crippen LogP contribution in [0.3, 0.4) is 0 Å². The quantitative estimate of drug-likeness (QED) is 0.405. The van der Waals surface area contributed by atoms with Gasteiger partial charge >= 0.3 is 6.03 Å². The molecule has 2 fully saturated rings. The average Bonchev–Trinajstić information content (AvgIpc) is 3.47. The number of nitrogens with zero attached hydrogens (tertiary/aromatic N) is 4. The standard InChI is InChI=1S/C32H36N6O4/c1-35-21-29(40)37-27(18-23-10-12-26(39)13-11-23)31(41)36(19-25-9-5-8-24-15-17-33-30(24)25)20-28(37)38(35)32(42)34-16-14-22-6-3-2-4-7-22/h2-13,27-28,33,39H,14-21H2,1H3,(H,34,42)/t27-,28?/m0/s1. The Morgan fingerprint density at radius 3 is 2.57 bits per heavy atom. The minimum Gasteiger partial charge on any atom is -0.508 e. The summed E-state index contributed by atoms with van der Waals surface area (Å²) in [7, 11) is 1.73. The van der Waals surface area contributed by atoms with E-state index in [-0.39, 0.29) is 43.1 Å². The van der Waals surface area contributed by atoms with Gasteiger partial charge in [-0.1, -0.05) is 60.7 Å². The Bertz CT molecular complexity index is 1460. The second-order valence-electron chi connectivity index (χ2n) is 11.1. The predicted octanol–water partition coefficient (Wildman–Crippen LogP) is 2.58. The highest BCUT2D eigenvalue weighted by molar-refractivity contribution is 5.91. The van der Waals surface area contributed by atoms with Crippen LogP contribution in [0.5, 0.6) is 5.75 Å². The zero-order valence-electron chi connectivity index (χ0n) is 23.7. The number of anilines is 1. The van der Waals surface area contributed by atoms with Gasteiger partial charge in [0.2, 0.25) is 11.8 Å². The third-order valence-electron chi connectivity index (χ3n) is 8.34. The van der Waals surface area contributed by atoms with Gasteiger partial charge in [0.15, 0.2) is 0 Å². The summed E-state index contributed by atoms with van der Waals surface area (Å²) in [5.74, 6) is -0.222. The Kier molecular flexibility index (Phi) is 7.71. The number of para-hydroxylation sites is 1. The van der Waals surface area contributed by atoms with Gasteiger partial charge in [0.05, 0.1) is 13.1 Å². The molecule has 3 heterocycles. The van der Waals surface area contributed by atoms with Crippen molar-refractivity contribution < 1.29 is 19.5 Å². The van der Waals surface area contributed by atoms with Crippen molar-refractivity contribution >= 4 is 23.5 Å². The van der Waals surface area contributed by atoms with Crippen LogP contribution in [0, 0.1) is 0 Å². The fourth-order valence-electron chi connectivity index (χ4n) is 6.29. The summed E-state index contributed by atoms with van der Waals surface area (Å²) in [4.78, 5) is 44.7. The normalized spacial score (nSPS) is 20.3. The van der Waals surface area contributed by atoms with Gasteiger partial charge in [-0.25, -0.2) is 14.8 Å². The Balaban J connectivity index is 1.29. The molecule has 2 atom stereocenters. The number of nitrogens with one attached hydrogen (secondary N) is 2. The van der Waals surface area contributed by atoms with Gasteiger partial charge in [0, 0.05) is 38.8 Å². The number of piperazine rings is 1. The van der Waals surface area contributed by atoms with E-state index in [1.807, 2.05) is 42.5 Å². The third-order valence-corrected chi connectivity index (χ3v) is 8.34. The second kappa shape index (κ2) is 11.7. The van der Waals surface area contributed by atoms with Gasteiger partial charge in [0.1, 0.15) is 18.0 Å². The molecule has 10 nitrogen and oxygen atoms in total. The third kappa shape index (κ3) is 5.49. The van der Waals surface area contributed by atoms with Crippen molar-refractivity contribution in [3.8, 4) is 5.75 Å². The number of carbonyl (C=O) groups is 3. The number of hydrogen-bond donors (Lipinski definition) is 3. The van der Waals surface area contributed by atoms with Gasteiger partial charge in [-0.15, -0.1) is 0 Å². The van der Waals surface area contributed by atoms with Crippen LogP contribution < -0.4 is 10.6 Å². The van der Waals surface area contributed by atoms with Gasteiger partial charge in [-0.2, -0.15) is 0 Å². The molecule has 3 aromatic rings. The highest BCUT2D eigenvalue weighted by Gasteiger charge is 2.50. The molecule has 1 unspecified atom stereocenters. The largest absolute Gasteiger partial charge is 0.508 e. The number of hydrogen-bond acceptors (Lipinski definition) is 6. The number of carbonyl (C=O) groups excluding carboxylic acids is 3. The van der Waals surface area contributed by atoms with E-state index in [2.05, 4.69) is 16.7 Å². The minimum absolute atomic E-state index is 0.0158. The second-order valence-corrected chi connectivity index (χ2v) is 11.1. The predicted molar refractivity (Wildman–Crippen MR) is 158 cm³/mol. The van der Waals surface area contributed by atoms with Crippen molar-refractivity contribution in [3.63, 3.8) is 0 Å². The van der Waals surface area contributed by atoms with Crippen LogP contribution in [0.2, 0.25) is 0 Å². The molecule has 3 N–H and O–H groups in total. The van der Waals surface area contributed by atoms with E-state index in [1.54, 1.807) is 51.1 Å². The van der Waals surface area contributed by atoms with E-state index in [0.29, 0.717) is 19.5 Å². The molecule has 0 aliphatic carbocycles. The van der Waals surface area contributed by atoms with Crippen LogP contribution in [-0.4, -0.2) is 88.2 Å². The first-order valence-corrected chi connectivity index (χ1v) is 14.4. The smallest absolute Gasteiger partial charge is 0.333 e. The molecule has 10 heteroatoms. The molecular weight excluding hydrogens is 532 g/mol. The van der Waals surface area contributed by atoms with E-state index in [4.69, 9.17) is 0 Å². The number of benzene rings is 3. The van der Waals surface area contributed by atoms with Crippen LogP contribution in [0.1, 0.15) is 22.3 Å². The van der Waals surface area contributed by atoms with E-state index >= 15 is 0 Å². The fraction of sp³-hybridized carbons (Fsp3) is 0.344. The lowest BCUT2D eigenvalue weighted by atomic mass is 9.98. The van der Waals surface area contributed by atoms with Crippen molar-refractivity contribution in [1.82, 2.24) is 25.1 Å². The molecule has 42 heavy (non-hydrogen) atoms. The minimum atomic E-state index is -0.793. The van der Waals surface area contributed by atoms with Crippen molar-refractivity contribution in [2.75, 3.05) is 38.5 Å². The lowest BCUT2D eigenvalue weighted by Crippen LogP contribution is -2.76. The van der Waals surface area contributed by atoms with Gasteiger partial charge < -0.3 is 25.5 Å². The van der Waals surface area contributed by atoms with Crippen LogP contribution >= 0.6 is 0 Å². The number of hydrazine groups is 1. The molecule has 0 saturated carbocycles. The van der Waals surface area contributed by atoms with Crippen LogP contribution in [0.25, 0.3) is 0 Å². The Morgan fingerprint density at radius 1 is 1.00 bits per heavy atom. The molecule has 3 aliphatic heterocycles. The highest BCUT2D eigenvalue weighted by Crippen LogP contribution is 2.32. The number of likely N-dealkylation sites (N-methyl/N-ethyl adjacent to an activating group) is 1. The number of phenols is 1. The molecule has 3 aliphatic rings. The van der Waals surface area contributed by atoms with E-state index in [0.717, 1.165) is 35.3 Å². The summed E-state index contributed by atoms with van der Waals surface area (Å²) in [6.07, 6.45) is 1.22. The van der Waals surface area contributed by atoms with Gasteiger partial charge in [-0.3, -0.25) is 9.59 Å². The fourth-order valence-corrected chi connectivity index (χ4v) is 6.29. The van der Waals surface area contributed by atoms with Gasteiger partial charge in [0.25, 0.3) is 0 Å². The number of urea groups is 1. The molecule has 0 spiro atoms. The summed E-state index contributed by atoms with van der Waals surface area (Å²) in [6.45, 7) is 1.84. The van der Waals surface area contributed by atoms with Crippen LogP contribution in [0.4, 0.5) is 10.5 Å². The number of aromatic hydroxyl groups is 1. The Morgan fingerprint density at radius 2 is 1.79 bits per heavy atom. The van der Waals surface area contributed by atoms with E-state index < -0.39 is 12.2 Å². The van der Waals surface area contributed by atoms with Crippen molar-refractivity contribution in [2.45, 2.75) is 38.0 Å². The summed E-state index contributed by atoms with van der Waals surface area (Å²) in [6, 6.07) is 21.7. The van der Waals surface area contributed by atoms with Gasteiger partial charge in [-0.05, 0) is 47.2 Å². The average molecular weight is 569 g/mol. The zero-order valence-corrected chi connectivity index (χ0v) is 23.7. The monoisotopic (exact) mass is 568 g/mol. The molecule has 2 saturated heterocycles. The van der Waals surface area contributed by atoms with Crippen molar-refractivity contribution in [2.24, 2.45) is 0 Å². The summed E-state index contributed by atoms with van der Waals surface area (Å²) < 4.78 is 0. The lowest BCUT2D eigenvalue weighted by molar-refractivity contribution is -0.187. The van der Waals surface area contributed by atoms with E-state index in [1.165, 1.54) is 5.56 Å². The molecule has 0 bridgehead atoms. The molecule has 6 rings (SSSR count). The van der Waals surface area contributed by atoms with Crippen LogP contribution in [0.15, 0.2) is 72.8 Å². The number of fused-ring (bicyclic) bond motifs is 2. The first-order chi connectivity index (χ1) is 20.4. The maximum atomic E-state index is 14.1. The van der Waals surface area contributed by atoms with E-state index in [9.17, 15) is 19.5 Å². The first kappa shape index (κ1) is 27.6.